The van der Waals surface area contributed by atoms with Crippen molar-refractivity contribution in [3.63, 3.8) is 0 Å². The SMILES string of the molecule is O=C(Cn1[nH]c(=O)c2ccccc2c1=O)NC1CCC2NNCC2C1. The number of benzene rings is 1. The maximum atomic E-state index is 12.5. The largest absolute Gasteiger partial charge is 0.352 e. The Balaban J connectivity index is 1.48. The second-order valence-electron chi connectivity index (χ2n) is 6.85. The Bertz CT molecular complexity index is 918. The molecule has 1 aliphatic heterocycles. The molecule has 0 spiro atoms. The Labute approximate surface area is 143 Å². The van der Waals surface area contributed by atoms with Gasteiger partial charge in [-0.15, -0.1) is 0 Å². The van der Waals surface area contributed by atoms with Crippen LogP contribution in [-0.4, -0.2) is 34.3 Å². The fourth-order valence-corrected chi connectivity index (χ4v) is 3.91. The molecule has 1 aliphatic carbocycles. The van der Waals surface area contributed by atoms with Gasteiger partial charge in [0.05, 0.1) is 10.8 Å². The van der Waals surface area contributed by atoms with Crippen molar-refractivity contribution >= 4 is 16.7 Å². The van der Waals surface area contributed by atoms with Crippen molar-refractivity contribution in [1.29, 1.82) is 0 Å². The lowest BCUT2D eigenvalue weighted by Gasteiger charge is -2.31. The summed E-state index contributed by atoms with van der Waals surface area (Å²) in [6.45, 7) is 0.731. The normalized spacial score (nSPS) is 25.7. The van der Waals surface area contributed by atoms with Crippen LogP contribution in [0.15, 0.2) is 33.9 Å². The monoisotopic (exact) mass is 343 g/mol. The maximum absolute atomic E-state index is 12.5. The number of fused-ring (bicyclic) bond motifs is 2. The highest BCUT2D eigenvalue weighted by Gasteiger charge is 2.34. The third-order valence-corrected chi connectivity index (χ3v) is 5.18. The second kappa shape index (κ2) is 6.45. The summed E-state index contributed by atoms with van der Waals surface area (Å²) in [5, 5.41) is 6.15. The highest BCUT2D eigenvalue weighted by molar-refractivity contribution is 5.81. The molecule has 2 aliphatic rings. The number of aromatic nitrogens is 2. The molecule has 2 aromatic rings. The molecule has 0 bridgehead atoms. The van der Waals surface area contributed by atoms with Crippen LogP contribution in [-0.2, 0) is 11.3 Å². The minimum absolute atomic E-state index is 0.110. The summed E-state index contributed by atoms with van der Waals surface area (Å²) >= 11 is 0. The molecule has 4 N–H and O–H groups in total. The molecule has 4 rings (SSSR count). The van der Waals surface area contributed by atoms with Crippen LogP contribution in [0.25, 0.3) is 10.8 Å². The fourth-order valence-electron chi connectivity index (χ4n) is 3.91. The Morgan fingerprint density at radius 2 is 2.00 bits per heavy atom. The number of nitrogens with zero attached hydrogens (tertiary/aromatic N) is 1. The van der Waals surface area contributed by atoms with Gasteiger partial charge in [0, 0.05) is 18.6 Å². The molecule has 132 valence electrons. The highest BCUT2D eigenvalue weighted by Crippen LogP contribution is 2.26. The van der Waals surface area contributed by atoms with Crippen molar-refractivity contribution < 1.29 is 4.79 Å². The van der Waals surface area contributed by atoms with E-state index in [4.69, 9.17) is 0 Å². The first-order chi connectivity index (χ1) is 12.1. The van der Waals surface area contributed by atoms with Crippen LogP contribution in [0.1, 0.15) is 19.3 Å². The number of carbonyl (C=O) groups is 1. The molecule has 25 heavy (non-hydrogen) atoms. The molecule has 0 radical (unpaired) electrons. The van der Waals surface area contributed by atoms with E-state index in [-0.39, 0.29) is 29.6 Å². The van der Waals surface area contributed by atoms with Crippen molar-refractivity contribution in [3.8, 4) is 0 Å². The van der Waals surface area contributed by atoms with Gasteiger partial charge in [0.1, 0.15) is 6.54 Å². The third kappa shape index (κ3) is 3.10. The van der Waals surface area contributed by atoms with Gasteiger partial charge in [-0.1, -0.05) is 12.1 Å². The van der Waals surface area contributed by atoms with E-state index in [0.29, 0.717) is 22.7 Å². The van der Waals surface area contributed by atoms with Crippen LogP contribution >= 0.6 is 0 Å². The van der Waals surface area contributed by atoms with E-state index < -0.39 is 0 Å². The highest BCUT2D eigenvalue weighted by atomic mass is 16.2. The fraction of sp³-hybridized carbons (Fsp3) is 0.471. The first kappa shape index (κ1) is 16.0. The van der Waals surface area contributed by atoms with Gasteiger partial charge in [0.15, 0.2) is 0 Å². The molecule has 1 aromatic carbocycles. The Morgan fingerprint density at radius 3 is 2.84 bits per heavy atom. The maximum Gasteiger partial charge on any atom is 0.273 e. The van der Waals surface area contributed by atoms with Crippen LogP contribution in [0.4, 0.5) is 0 Å². The molecule has 1 aromatic heterocycles. The molecule has 1 amide bonds. The summed E-state index contributed by atoms with van der Waals surface area (Å²) in [6.07, 6.45) is 2.83. The topological polar surface area (TPSA) is 108 Å². The van der Waals surface area contributed by atoms with Gasteiger partial charge < -0.3 is 5.32 Å². The number of carbonyl (C=O) groups excluding carboxylic acids is 1. The summed E-state index contributed by atoms with van der Waals surface area (Å²) < 4.78 is 1.09. The van der Waals surface area contributed by atoms with E-state index in [1.165, 1.54) is 0 Å². The zero-order valence-electron chi connectivity index (χ0n) is 13.7. The number of amides is 1. The lowest BCUT2D eigenvalue weighted by molar-refractivity contribution is -0.122. The van der Waals surface area contributed by atoms with E-state index in [1.54, 1.807) is 24.3 Å². The second-order valence-corrected chi connectivity index (χ2v) is 6.85. The molecular formula is C17H21N5O3. The van der Waals surface area contributed by atoms with Crippen LogP contribution < -0.4 is 27.3 Å². The number of hydrazine groups is 1. The molecular weight excluding hydrogens is 322 g/mol. The number of nitrogens with one attached hydrogen (secondary N) is 4. The number of hydrogen-bond acceptors (Lipinski definition) is 5. The van der Waals surface area contributed by atoms with Crippen LogP contribution in [0.5, 0.6) is 0 Å². The van der Waals surface area contributed by atoms with Crippen LogP contribution in [0.2, 0.25) is 0 Å². The quantitative estimate of drug-likeness (QED) is 0.598. The summed E-state index contributed by atoms with van der Waals surface area (Å²) in [4.78, 5) is 36.9. The van der Waals surface area contributed by atoms with Crippen molar-refractivity contribution in [2.45, 2.75) is 37.9 Å². The van der Waals surface area contributed by atoms with E-state index in [1.807, 2.05) is 0 Å². The standard InChI is InChI=1S/C17H21N5O3/c23-15(19-11-5-6-14-10(7-11)8-18-20-14)9-22-17(25)13-4-2-1-3-12(13)16(24)21-22/h1-4,10-11,14,18,20H,5-9H2,(H,19,23)(H,21,24). The summed E-state index contributed by atoms with van der Waals surface area (Å²) in [6, 6.07) is 7.20. The summed E-state index contributed by atoms with van der Waals surface area (Å²) in [5.41, 5.74) is 5.68. The lowest BCUT2D eigenvalue weighted by atomic mass is 9.83. The molecule has 1 saturated heterocycles. The summed E-state index contributed by atoms with van der Waals surface area (Å²) in [5.74, 6) is 0.262. The van der Waals surface area contributed by atoms with Gasteiger partial charge in [-0.3, -0.25) is 30.3 Å². The molecule has 3 unspecified atom stereocenters. The zero-order valence-corrected chi connectivity index (χ0v) is 13.7. The van der Waals surface area contributed by atoms with Gasteiger partial charge in [-0.05, 0) is 37.3 Å². The van der Waals surface area contributed by atoms with E-state index >= 15 is 0 Å². The Hall–Kier alpha value is -2.45. The number of H-pyrrole nitrogens is 1. The first-order valence-electron chi connectivity index (χ1n) is 8.61. The molecule has 8 nitrogen and oxygen atoms in total. The minimum atomic E-state index is -0.369. The van der Waals surface area contributed by atoms with Gasteiger partial charge in [0.2, 0.25) is 5.91 Å². The van der Waals surface area contributed by atoms with Gasteiger partial charge in [-0.2, -0.15) is 0 Å². The third-order valence-electron chi connectivity index (χ3n) is 5.18. The molecule has 2 fully saturated rings. The molecule has 2 heterocycles. The zero-order chi connectivity index (χ0) is 17.4. The van der Waals surface area contributed by atoms with Crippen molar-refractivity contribution in [3.05, 3.63) is 45.0 Å². The Morgan fingerprint density at radius 1 is 1.20 bits per heavy atom. The van der Waals surface area contributed by atoms with E-state index in [2.05, 4.69) is 21.3 Å². The average molecular weight is 343 g/mol. The average Bonchev–Trinajstić information content (AvgIpc) is 3.07. The molecule has 3 atom stereocenters. The predicted molar refractivity (Wildman–Crippen MR) is 93.0 cm³/mol. The number of aromatic amines is 1. The van der Waals surface area contributed by atoms with E-state index in [0.717, 1.165) is 30.5 Å². The van der Waals surface area contributed by atoms with Gasteiger partial charge in [-0.25, -0.2) is 4.68 Å². The van der Waals surface area contributed by atoms with Crippen molar-refractivity contribution in [2.24, 2.45) is 5.92 Å². The van der Waals surface area contributed by atoms with Crippen molar-refractivity contribution in [2.75, 3.05) is 6.54 Å². The van der Waals surface area contributed by atoms with Crippen LogP contribution in [0, 0.1) is 5.92 Å². The first-order valence-corrected chi connectivity index (χ1v) is 8.61. The van der Waals surface area contributed by atoms with E-state index in [9.17, 15) is 14.4 Å². The summed E-state index contributed by atoms with van der Waals surface area (Å²) in [7, 11) is 0. The predicted octanol–water partition coefficient (Wildman–Crippen LogP) is -0.549. The van der Waals surface area contributed by atoms with Gasteiger partial charge >= 0.3 is 0 Å². The molecule has 1 saturated carbocycles. The van der Waals surface area contributed by atoms with Gasteiger partial charge in [0.25, 0.3) is 11.1 Å². The van der Waals surface area contributed by atoms with Crippen molar-refractivity contribution in [1.82, 2.24) is 25.9 Å². The lowest BCUT2D eigenvalue weighted by Crippen LogP contribution is -2.46. The Kier molecular flexibility index (Phi) is 4.14. The number of rotatable bonds is 3. The minimum Gasteiger partial charge on any atom is -0.352 e. The molecule has 8 heteroatoms. The smallest absolute Gasteiger partial charge is 0.273 e. The van der Waals surface area contributed by atoms with Crippen LogP contribution in [0.3, 0.4) is 0 Å². The number of hydrogen-bond donors (Lipinski definition) is 4.